The SMILES string of the molecule is CC(C)(C)Cn1c(O)c(C(=O)NC2CC2)c(=O)n2nc(NC(=O)O)cc12. The first-order chi connectivity index (χ1) is 12.1. The van der Waals surface area contributed by atoms with Crippen LogP contribution in [0.5, 0.6) is 5.88 Å². The molecule has 2 heterocycles. The molecule has 0 aromatic carbocycles. The summed E-state index contributed by atoms with van der Waals surface area (Å²) < 4.78 is 2.32. The second kappa shape index (κ2) is 6.04. The molecule has 10 heteroatoms. The van der Waals surface area contributed by atoms with E-state index < -0.39 is 29.0 Å². The van der Waals surface area contributed by atoms with Gasteiger partial charge in [0.25, 0.3) is 11.5 Å². The maximum absolute atomic E-state index is 12.7. The van der Waals surface area contributed by atoms with Gasteiger partial charge < -0.3 is 15.5 Å². The molecule has 1 saturated carbocycles. The van der Waals surface area contributed by atoms with Gasteiger partial charge in [-0.3, -0.25) is 19.5 Å². The number of aromatic nitrogens is 3. The van der Waals surface area contributed by atoms with E-state index in [0.717, 1.165) is 17.4 Å². The lowest BCUT2D eigenvalue weighted by Crippen LogP contribution is -2.35. The second-order valence-electron chi connectivity index (χ2n) is 7.63. The minimum atomic E-state index is -1.33. The number of aromatic hydroxyl groups is 1. The molecule has 140 valence electrons. The zero-order chi connectivity index (χ0) is 19.2. The van der Waals surface area contributed by atoms with Crippen molar-refractivity contribution in [1.29, 1.82) is 0 Å². The molecule has 1 aliphatic rings. The zero-order valence-corrected chi connectivity index (χ0v) is 14.7. The lowest BCUT2D eigenvalue weighted by atomic mass is 9.96. The van der Waals surface area contributed by atoms with Crippen molar-refractivity contribution in [2.24, 2.45) is 5.41 Å². The largest absolute Gasteiger partial charge is 0.494 e. The Kier molecular flexibility index (Phi) is 4.13. The summed E-state index contributed by atoms with van der Waals surface area (Å²) in [6.45, 7) is 6.07. The van der Waals surface area contributed by atoms with Gasteiger partial charge in [-0.1, -0.05) is 20.8 Å². The van der Waals surface area contributed by atoms with Gasteiger partial charge in [0, 0.05) is 18.7 Å². The van der Waals surface area contributed by atoms with Crippen molar-refractivity contribution in [1.82, 2.24) is 19.5 Å². The molecule has 2 amide bonds. The monoisotopic (exact) mass is 363 g/mol. The summed E-state index contributed by atoms with van der Waals surface area (Å²) >= 11 is 0. The molecule has 0 spiro atoms. The van der Waals surface area contributed by atoms with E-state index in [1.54, 1.807) is 0 Å². The number of fused-ring (bicyclic) bond motifs is 1. The molecule has 0 aliphatic heterocycles. The molecule has 0 unspecified atom stereocenters. The number of nitrogens with one attached hydrogen (secondary N) is 2. The Bertz CT molecular complexity index is 949. The predicted molar refractivity (Wildman–Crippen MR) is 92.7 cm³/mol. The molecule has 0 bridgehead atoms. The third-order valence-corrected chi connectivity index (χ3v) is 3.86. The standard InChI is InChI=1S/C16H21N5O5/c1-16(2,3)7-20-10-6-9(18-15(25)26)19-21(10)14(24)11(13(20)23)12(22)17-8-4-5-8/h6,8,23H,4-5,7H2,1-3H3,(H,17,22)(H,18,19)(H,25,26). The maximum atomic E-state index is 12.7. The van der Waals surface area contributed by atoms with Gasteiger partial charge in [-0.05, 0) is 18.3 Å². The number of carbonyl (C=O) groups is 2. The first kappa shape index (κ1) is 17.8. The summed E-state index contributed by atoms with van der Waals surface area (Å²) in [4.78, 5) is 36.0. The number of anilines is 1. The Morgan fingerprint density at radius 1 is 1.35 bits per heavy atom. The van der Waals surface area contributed by atoms with E-state index in [2.05, 4.69) is 15.7 Å². The van der Waals surface area contributed by atoms with Crippen LogP contribution in [0.4, 0.5) is 10.6 Å². The van der Waals surface area contributed by atoms with Gasteiger partial charge in [-0.25, -0.2) is 4.79 Å². The molecule has 1 fully saturated rings. The first-order valence-electron chi connectivity index (χ1n) is 8.23. The van der Waals surface area contributed by atoms with E-state index in [9.17, 15) is 19.5 Å². The van der Waals surface area contributed by atoms with Crippen LogP contribution in [0.25, 0.3) is 5.65 Å². The third kappa shape index (κ3) is 3.48. The average Bonchev–Trinajstić information content (AvgIpc) is 3.19. The van der Waals surface area contributed by atoms with Crippen molar-refractivity contribution in [2.75, 3.05) is 5.32 Å². The third-order valence-electron chi connectivity index (χ3n) is 3.86. The van der Waals surface area contributed by atoms with E-state index in [1.807, 2.05) is 20.8 Å². The van der Waals surface area contributed by atoms with Gasteiger partial charge in [0.1, 0.15) is 5.65 Å². The highest BCUT2D eigenvalue weighted by atomic mass is 16.4. The van der Waals surface area contributed by atoms with Crippen molar-refractivity contribution < 1.29 is 19.8 Å². The highest BCUT2D eigenvalue weighted by Gasteiger charge is 2.30. The molecule has 0 saturated heterocycles. The van der Waals surface area contributed by atoms with Crippen LogP contribution in [0.1, 0.15) is 44.0 Å². The highest BCUT2D eigenvalue weighted by molar-refractivity contribution is 5.96. The Morgan fingerprint density at radius 2 is 2.00 bits per heavy atom. The van der Waals surface area contributed by atoms with Crippen LogP contribution in [-0.2, 0) is 6.54 Å². The number of carboxylic acid groups (broad SMARTS) is 1. The van der Waals surface area contributed by atoms with Crippen molar-refractivity contribution in [3.8, 4) is 5.88 Å². The summed E-state index contributed by atoms with van der Waals surface area (Å²) in [5.74, 6) is -1.20. The fourth-order valence-electron chi connectivity index (χ4n) is 2.64. The molecule has 2 aromatic heterocycles. The molecule has 3 rings (SSSR count). The van der Waals surface area contributed by atoms with E-state index in [0.29, 0.717) is 0 Å². The van der Waals surface area contributed by atoms with E-state index >= 15 is 0 Å². The van der Waals surface area contributed by atoms with Gasteiger partial charge >= 0.3 is 6.09 Å². The first-order valence-corrected chi connectivity index (χ1v) is 8.23. The molecular weight excluding hydrogens is 342 g/mol. The summed E-state index contributed by atoms with van der Waals surface area (Å²) in [6, 6.07) is 1.35. The topological polar surface area (TPSA) is 138 Å². The van der Waals surface area contributed by atoms with Crippen LogP contribution in [-0.4, -0.2) is 42.4 Å². The minimum Gasteiger partial charge on any atom is -0.494 e. The van der Waals surface area contributed by atoms with Crippen LogP contribution in [0, 0.1) is 5.41 Å². The summed E-state index contributed by atoms with van der Waals surface area (Å²) in [5, 5.41) is 28.2. The van der Waals surface area contributed by atoms with Crippen molar-refractivity contribution in [3.05, 3.63) is 22.0 Å². The van der Waals surface area contributed by atoms with Crippen molar-refractivity contribution >= 4 is 23.5 Å². The van der Waals surface area contributed by atoms with Crippen LogP contribution in [0.15, 0.2) is 10.9 Å². The summed E-state index contributed by atoms with van der Waals surface area (Å²) in [5.41, 5.74) is -1.31. The molecule has 4 N–H and O–H groups in total. The van der Waals surface area contributed by atoms with Gasteiger partial charge in [0.15, 0.2) is 11.4 Å². The van der Waals surface area contributed by atoms with E-state index in [1.165, 1.54) is 10.6 Å². The molecule has 1 aliphatic carbocycles. The summed E-state index contributed by atoms with van der Waals surface area (Å²) in [7, 11) is 0. The smallest absolute Gasteiger partial charge is 0.410 e. The van der Waals surface area contributed by atoms with Gasteiger partial charge in [0.2, 0.25) is 5.88 Å². The number of rotatable bonds is 4. The normalized spacial score (nSPS) is 14.4. The number of amides is 2. The number of nitrogens with zero attached hydrogens (tertiary/aromatic N) is 3. The highest BCUT2D eigenvalue weighted by Crippen LogP contribution is 2.26. The summed E-state index contributed by atoms with van der Waals surface area (Å²) in [6.07, 6.45) is 0.331. The quantitative estimate of drug-likeness (QED) is 0.644. The molecule has 2 aromatic rings. The molecular formula is C16H21N5O5. The second-order valence-corrected chi connectivity index (χ2v) is 7.63. The van der Waals surface area contributed by atoms with Crippen LogP contribution in [0.3, 0.4) is 0 Å². The number of hydrogen-bond acceptors (Lipinski definition) is 5. The van der Waals surface area contributed by atoms with Gasteiger partial charge in [0.05, 0.1) is 0 Å². The van der Waals surface area contributed by atoms with Crippen molar-refractivity contribution in [2.45, 2.75) is 46.2 Å². The predicted octanol–water partition coefficient (Wildman–Crippen LogP) is 1.23. The number of hydrogen-bond donors (Lipinski definition) is 4. The van der Waals surface area contributed by atoms with Crippen molar-refractivity contribution in [3.63, 3.8) is 0 Å². The van der Waals surface area contributed by atoms with Gasteiger partial charge in [-0.15, -0.1) is 5.10 Å². The fraction of sp³-hybridized carbons (Fsp3) is 0.500. The maximum Gasteiger partial charge on any atom is 0.410 e. The molecule has 10 nitrogen and oxygen atoms in total. The zero-order valence-electron chi connectivity index (χ0n) is 14.7. The molecule has 26 heavy (non-hydrogen) atoms. The molecule has 0 radical (unpaired) electrons. The van der Waals surface area contributed by atoms with E-state index in [4.69, 9.17) is 5.11 Å². The minimum absolute atomic E-state index is 0.00919. The Balaban J connectivity index is 2.21. The number of carbonyl (C=O) groups excluding carboxylic acids is 1. The average molecular weight is 363 g/mol. The fourth-order valence-corrected chi connectivity index (χ4v) is 2.64. The van der Waals surface area contributed by atoms with E-state index in [-0.39, 0.29) is 29.5 Å². The Labute approximate surface area is 148 Å². The van der Waals surface area contributed by atoms with Crippen LogP contribution >= 0.6 is 0 Å². The molecule has 0 atom stereocenters. The van der Waals surface area contributed by atoms with Gasteiger partial charge in [-0.2, -0.15) is 4.52 Å². The van der Waals surface area contributed by atoms with Crippen LogP contribution < -0.4 is 16.2 Å². The lowest BCUT2D eigenvalue weighted by Gasteiger charge is -2.23. The Morgan fingerprint density at radius 3 is 2.54 bits per heavy atom. The Hall–Kier alpha value is -3.04. The van der Waals surface area contributed by atoms with Crippen LogP contribution in [0.2, 0.25) is 0 Å². The lowest BCUT2D eigenvalue weighted by molar-refractivity contribution is 0.0944.